The first kappa shape index (κ1) is 31.7. The van der Waals surface area contributed by atoms with E-state index in [4.69, 9.17) is 9.59 Å². The van der Waals surface area contributed by atoms with Gasteiger partial charge in [0.1, 0.15) is 13.6 Å². The molecule has 196 valence electrons. The molecular weight excluding hydrogens is 489 g/mol. The maximum absolute atomic E-state index is 8.00. The van der Waals surface area contributed by atoms with Crippen molar-refractivity contribution in [1.82, 2.24) is 0 Å². The van der Waals surface area contributed by atoms with Gasteiger partial charge >= 0.3 is 0 Å². The summed E-state index contributed by atoms with van der Waals surface area (Å²) in [4.78, 5) is 16.0. The Labute approximate surface area is 218 Å². The zero-order valence-electron chi connectivity index (χ0n) is 21.3. The van der Waals surface area contributed by atoms with Crippen LogP contribution < -0.4 is 0 Å². The molecule has 0 N–H and O–H groups in total. The van der Waals surface area contributed by atoms with Gasteiger partial charge in [0.25, 0.3) is 0 Å². The third-order valence-electron chi connectivity index (χ3n) is 8.79. The largest absolute Gasteiger partial charge is 0.307 e. The Morgan fingerprint density at radius 3 is 0.758 bits per heavy atom. The molecule has 0 bridgehead atoms. The minimum absolute atomic E-state index is 0. The Balaban J connectivity index is 0.00000103. The first-order valence-corrected chi connectivity index (χ1v) is 17.3. The maximum Gasteiger partial charge on any atom is 0.106 e. The van der Waals surface area contributed by atoms with Crippen LogP contribution >= 0.6 is 15.8 Å². The van der Waals surface area contributed by atoms with E-state index in [0.29, 0.717) is 15.8 Å². The molecule has 4 saturated carbocycles. The second-order valence-electron chi connectivity index (χ2n) is 10.6. The second kappa shape index (κ2) is 19.8. The van der Waals surface area contributed by atoms with Gasteiger partial charge in [-0.3, -0.25) is 0 Å². The van der Waals surface area contributed by atoms with Gasteiger partial charge in [-0.1, -0.05) is 92.9 Å². The number of hydrogen-bond acceptors (Lipinski definition) is 2. The smallest absolute Gasteiger partial charge is 0.106 e. The first-order valence-electron chi connectivity index (χ1n) is 14.0. The fourth-order valence-corrected chi connectivity index (χ4v) is 15.8. The zero-order valence-corrected chi connectivity index (χ0v) is 24.1. The molecule has 0 radical (unpaired) electrons. The molecule has 0 heterocycles. The van der Waals surface area contributed by atoms with Gasteiger partial charge in [0, 0.05) is 16.5 Å². The Morgan fingerprint density at radius 2 is 0.576 bits per heavy atom. The van der Waals surface area contributed by atoms with Crippen molar-refractivity contribution in [2.75, 3.05) is 12.3 Å². The van der Waals surface area contributed by atoms with Gasteiger partial charge in [-0.15, -0.1) is 0 Å². The van der Waals surface area contributed by atoms with Gasteiger partial charge < -0.3 is 9.59 Å². The van der Waals surface area contributed by atoms with E-state index in [9.17, 15) is 0 Å². The third kappa shape index (κ3) is 10.7. The van der Waals surface area contributed by atoms with E-state index in [-0.39, 0.29) is 16.5 Å². The summed E-state index contributed by atoms with van der Waals surface area (Å²) < 4.78 is 0. The molecule has 0 aliphatic heterocycles. The molecule has 4 fully saturated rings. The summed E-state index contributed by atoms with van der Waals surface area (Å²) in [5.41, 5.74) is 4.73. The van der Waals surface area contributed by atoms with Crippen LogP contribution in [0.1, 0.15) is 128 Å². The fraction of sp³-hybridized carbons (Fsp3) is 0.929. The summed E-state index contributed by atoms with van der Waals surface area (Å²) in [5.74, 6) is 0. The van der Waals surface area contributed by atoms with Crippen molar-refractivity contribution in [3.8, 4) is 0 Å². The van der Waals surface area contributed by atoms with Gasteiger partial charge in [0.05, 0.1) is 0 Å². The molecule has 0 spiro atoms. The van der Waals surface area contributed by atoms with Gasteiger partial charge in [-0.05, 0) is 86.3 Å². The third-order valence-corrected chi connectivity index (χ3v) is 16.4. The van der Waals surface area contributed by atoms with Crippen molar-refractivity contribution in [3.63, 3.8) is 0 Å². The van der Waals surface area contributed by atoms with E-state index in [1.165, 1.54) is 22.6 Å². The minimum Gasteiger partial charge on any atom is -0.307 e. The number of carbonyl (C=O) groups is 2. The number of carbonyl (C=O) groups excluding carboxylic acids is 2. The van der Waals surface area contributed by atoms with E-state index < -0.39 is 0 Å². The van der Waals surface area contributed by atoms with Crippen molar-refractivity contribution in [2.45, 2.75) is 151 Å². The Kier molecular flexibility index (Phi) is 19.1. The molecule has 0 aromatic heterocycles. The van der Waals surface area contributed by atoms with Crippen LogP contribution in [0, 0.1) is 0 Å². The summed E-state index contributed by atoms with van der Waals surface area (Å²) >= 11 is 0. The van der Waals surface area contributed by atoms with E-state index in [2.05, 4.69) is 0 Å². The Morgan fingerprint density at radius 1 is 0.394 bits per heavy atom. The molecule has 0 amide bonds. The van der Waals surface area contributed by atoms with Crippen LogP contribution in [-0.4, -0.2) is 48.5 Å². The van der Waals surface area contributed by atoms with Crippen molar-refractivity contribution in [3.05, 3.63) is 0 Å². The van der Waals surface area contributed by atoms with Gasteiger partial charge in [0.15, 0.2) is 0 Å². The van der Waals surface area contributed by atoms with Gasteiger partial charge in [0.2, 0.25) is 0 Å². The van der Waals surface area contributed by atoms with Crippen LogP contribution in [-0.2, 0) is 26.1 Å². The molecule has 4 aliphatic rings. The predicted molar refractivity (Wildman–Crippen MR) is 145 cm³/mol. The van der Waals surface area contributed by atoms with Crippen molar-refractivity contribution >= 4 is 29.4 Å². The normalized spacial score (nSPS) is 23.7. The van der Waals surface area contributed by atoms with E-state index in [0.717, 1.165) is 0 Å². The van der Waals surface area contributed by atoms with Crippen molar-refractivity contribution in [2.24, 2.45) is 0 Å². The summed E-state index contributed by atoms with van der Waals surface area (Å²) in [6, 6.07) is 0. The van der Waals surface area contributed by atoms with Crippen LogP contribution in [0.5, 0.6) is 0 Å². The predicted octanol–water partition coefficient (Wildman–Crippen LogP) is 8.91. The average molecular weight is 541 g/mol. The first-order chi connectivity index (χ1) is 15.9. The molecule has 33 heavy (non-hydrogen) atoms. The second-order valence-corrected chi connectivity index (χ2v) is 16.5. The van der Waals surface area contributed by atoms with Gasteiger partial charge in [-0.25, -0.2) is 0 Å². The van der Waals surface area contributed by atoms with Crippen LogP contribution in [0.15, 0.2) is 0 Å². The van der Waals surface area contributed by atoms with Crippen LogP contribution in [0.25, 0.3) is 0 Å². The molecule has 5 heteroatoms. The Hall–Kier alpha value is 0.694. The number of hydrogen-bond donors (Lipinski definition) is 0. The fourth-order valence-electron chi connectivity index (χ4n) is 7.21. The Bertz CT molecular complexity index is 379. The summed E-state index contributed by atoms with van der Waals surface area (Å²) in [5, 5.41) is 0. The molecule has 0 aromatic rings. The molecule has 4 rings (SSSR count). The molecular formula is C28H52NiO2P2. The molecule has 0 unspecified atom stereocenters. The minimum atomic E-state index is 0. The van der Waals surface area contributed by atoms with E-state index in [1.54, 1.807) is 141 Å². The monoisotopic (exact) mass is 540 g/mol. The zero-order chi connectivity index (χ0) is 23.0. The van der Waals surface area contributed by atoms with E-state index >= 15 is 0 Å². The summed E-state index contributed by atoms with van der Waals surface area (Å²) in [6.45, 7) is 4.00. The topological polar surface area (TPSA) is 34.1 Å². The average Bonchev–Trinajstić information content (AvgIpc) is 2.91. The quantitative estimate of drug-likeness (QED) is 0.238. The van der Waals surface area contributed by atoms with Crippen LogP contribution in [0.4, 0.5) is 0 Å². The standard InChI is InChI=1S/C26H48P2.2CH2O.Ni/c1-5-13-23(14-6-1)27(24-15-7-2-8-16-24)21-22-28(25-17-9-3-10-18-25)26-19-11-4-12-20-26;2*1-2;/h23-26H,1-22H2;2*1H2;. The van der Waals surface area contributed by atoms with Crippen molar-refractivity contribution < 1.29 is 26.1 Å². The molecule has 0 aromatic carbocycles. The number of rotatable bonds is 7. The van der Waals surface area contributed by atoms with Crippen LogP contribution in [0.3, 0.4) is 0 Å². The van der Waals surface area contributed by atoms with Gasteiger partial charge in [-0.2, -0.15) is 0 Å². The van der Waals surface area contributed by atoms with E-state index in [1.807, 2.05) is 13.6 Å². The van der Waals surface area contributed by atoms with Crippen LogP contribution in [0.2, 0.25) is 0 Å². The molecule has 2 nitrogen and oxygen atoms in total. The summed E-state index contributed by atoms with van der Waals surface area (Å²) in [6.07, 6.45) is 35.1. The summed E-state index contributed by atoms with van der Waals surface area (Å²) in [7, 11) is 0.689. The molecule has 0 saturated heterocycles. The van der Waals surface area contributed by atoms with Crippen molar-refractivity contribution in [1.29, 1.82) is 0 Å². The maximum atomic E-state index is 8.00. The molecule has 4 aliphatic carbocycles. The SMILES string of the molecule is C1CCC(P(CCP(C2CCCCC2)C2CCCCC2)C2CCCCC2)CC1.C=O.C=O.[Ni]. The molecule has 0 atom stereocenters.